The van der Waals surface area contributed by atoms with Crippen molar-refractivity contribution in [2.45, 2.75) is 58.0 Å². The first-order valence-corrected chi connectivity index (χ1v) is 8.83. The van der Waals surface area contributed by atoms with E-state index in [1.165, 1.54) is 19.3 Å². The Bertz CT molecular complexity index is 355. The monoisotopic (exact) mass is 274 g/mol. The maximum atomic E-state index is 12.0. The van der Waals surface area contributed by atoms with Gasteiger partial charge in [-0.2, -0.15) is 0 Å². The van der Waals surface area contributed by atoms with Crippen LogP contribution in [0.5, 0.6) is 0 Å². The third kappa shape index (κ3) is 4.86. The van der Waals surface area contributed by atoms with Gasteiger partial charge in [-0.3, -0.25) is 0 Å². The molecule has 0 amide bonds. The van der Waals surface area contributed by atoms with E-state index >= 15 is 0 Å². The summed E-state index contributed by atoms with van der Waals surface area (Å²) in [5.41, 5.74) is 0. The molecule has 0 bridgehead atoms. The molecule has 2 aliphatic rings. The van der Waals surface area contributed by atoms with Crippen LogP contribution in [-0.2, 0) is 10.0 Å². The standard InChI is InChI=1S/C13H26N2O2S/c1-10-7-11(2)9-13(8-10)15-18(16,17)6-5-14-12-3-4-12/h10-15H,3-9H2,1-2H3. The zero-order valence-electron chi connectivity index (χ0n) is 11.5. The zero-order valence-corrected chi connectivity index (χ0v) is 12.3. The van der Waals surface area contributed by atoms with Crippen molar-refractivity contribution in [3.63, 3.8) is 0 Å². The molecule has 2 atom stereocenters. The van der Waals surface area contributed by atoms with Gasteiger partial charge in [0.1, 0.15) is 0 Å². The Morgan fingerprint density at radius 2 is 1.61 bits per heavy atom. The first-order chi connectivity index (χ1) is 8.44. The number of nitrogens with one attached hydrogen (secondary N) is 2. The van der Waals surface area contributed by atoms with Crippen molar-refractivity contribution in [3.8, 4) is 0 Å². The van der Waals surface area contributed by atoms with Crippen LogP contribution in [0.15, 0.2) is 0 Å². The fourth-order valence-electron chi connectivity index (χ4n) is 3.04. The van der Waals surface area contributed by atoms with Crippen LogP contribution in [0.4, 0.5) is 0 Å². The fraction of sp³-hybridized carbons (Fsp3) is 1.00. The molecule has 0 heterocycles. The third-order valence-corrected chi connectivity index (χ3v) is 5.34. The van der Waals surface area contributed by atoms with Crippen LogP contribution in [0.25, 0.3) is 0 Å². The Labute approximate surface area is 111 Å². The van der Waals surface area contributed by atoms with E-state index in [2.05, 4.69) is 23.9 Å². The summed E-state index contributed by atoms with van der Waals surface area (Å²) in [6.07, 6.45) is 5.59. The van der Waals surface area contributed by atoms with Crippen molar-refractivity contribution in [2.75, 3.05) is 12.3 Å². The molecule has 0 aromatic heterocycles. The summed E-state index contributed by atoms with van der Waals surface area (Å²) < 4.78 is 26.8. The van der Waals surface area contributed by atoms with Crippen LogP contribution in [0.3, 0.4) is 0 Å². The summed E-state index contributed by atoms with van der Waals surface area (Å²) in [6, 6.07) is 0.726. The molecule has 0 aliphatic heterocycles. The second-order valence-electron chi connectivity index (χ2n) is 6.28. The lowest BCUT2D eigenvalue weighted by molar-refractivity contribution is 0.257. The third-order valence-electron chi connectivity index (χ3n) is 3.91. The topological polar surface area (TPSA) is 58.2 Å². The molecular weight excluding hydrogens is 248 g/mol. The van der Waals surface area contributed by atoms with Gasteiger partial charge in [-0.1, -0.05) is 13.8 Å². The molecule has 2 fully saturated rings. The zero-order chi connectivity index (χ0) is 13.2. The molecule has 0 aromatic carbocycles. The van der Waals surface area contributed by atoms with Crippen LogP contribution in [0.2, 0.25) is 0 Å². The lowest BCUT2D eigenvalue weighted by Gasteiger charge is -2.31. The summed E-state index contributed by atoms with van der Waals surface area (Å²) in [7, 11) is -3.11. The molecule has 2 N–H and O–H groups in total. The fourth-order valence-corrected chi connectivity index (χ4v) is 4.25. The van der Waals surface area contributed by atoms with Gasteiger partial charge >= 0.3 is 0 Å². The van der Waals surface area contributed by atoms with E-state index in [9.17, 15) is 8.42 Å². The van der Waals surface area contributed by atoms with E-state index in [-0.39, 0.29) is 11.8 Å². The van der Waals surface area contributed by atoms with Crippen molar-refractivity contribution in [1.82, 2.24) is 10.0 Å². The van der Waals surface area contributed by atoms with Crippen molar-refractivity contribution in [3.05, 3.63) is 0 Å². The van der Waals surface area contributed by atoms with E-state index in [0.717, 1.165) is 12.8 Å². The van der Waals surface area contributed by atoms with Gasteiger partial charge in [-0.15, -0.1) is 0 Å². The van der Waals surface area contributed by atoms with E-state index in [0.29, 0.717) is 24.4 Å². The number of hydrogen-bond donors (Lipinski definition) is 2. The molecular formula is C13H26N2O2S. The minimum absolute atomic E-state index is 0.148. The molecule has 0 spiro atoms. The quantitative estimate of drug-likeness (QED) is 0.771. The minimum Gasteiger partial charge on any atom is -0.313 e. The lowest BCUT2D eigenvalue weighted by atomic mass is 9.81. The highest BCUT2D eigenvalue weighted by Gasteiger charge is 2.27. The van der Waals surface area contributed by atoms with Gasteiger partial charge < -0.3 is 5.32 Å². The molecule has 0 radical (unpaired) electrons. The van der Waals surface area contributed by atoms with Crippen molar-refractivity contribution in [2.24, 2.45) is 11.8 Å². The highest BCUT2D eigenvalue weighted by atomic mass is 32.2. The molecule has 2 saturated carbocycles. The molecule has 2 unspecified atom stereocenters. The molecule has 4 nitrogen and oxygen atoms in total. The summed E-state index contributed by atoms with van der Waals surface area (Å²) in [6.45, 7) is 5.01. The van der Waals surface area contributed by atoms with Crippen LogP contribution < -0.4 is 10.0 Å². The smallest absolute Gasteiger partial charge is 0.213 e. The number of rotatable bonds is 6. The first kappa shape index (κ1) is 14.3. The van der Waals surface area contributed by atoms with Crippen LogP contribution >= 0.6 is 0 Å². The van der Waals surface area contributed by atoms with E-state index in [4.69, 9.17) is 0 Å². The van der Waals surface area contributed by atoms with Crippen molar-refractivity contribution in [1.29, 1.82) is 0 Å². The summed E-state index contributed by atoms with van der Waals surface area (Å²) >= 11 is 0. The second kappa shape index (κ2) is 5.88. The SMILES string of the molecule is CC1CC(C)CC(NS(=O)(=O)CCNC2CC2)C1. The summed E-state index contributed by atoms with van der Waals surface area (Å²) in [5.74, 6) is 1.47. The normalized spacial score (nSPS) is 33.6. The van der Waals surface area contributed by atoms with E-state index in [1.54, 1.807) is 0 Å². The van der Waals surface area contributed by atoms with Crippen molar-refractivity contribution >= 4 is 10.0 Å². The van der Waals surface area contributed by atoms with Gasteiger partial charge in [0.25, 0.3) is 0 Å². The van der Waals surface area contributed by atoms with E-state index in [1.807, 2.05) is 0 Å². The molecule has 0 aromatic rings. The maximum absolute atomic E-state index is 12.0. The average molecular weight is 274 g/mol. The molecule has 0 saturated heterocycles. The van der Waals surface area contributed by atoms with Gasteiger partial charge in [0.15, 0.2) is 0 Å². The van der Waals surface area contributed by atoms with Crippen LogP contribution in [0, 0.1) is 11.8 Å². The van der Waals surface area contributed by atoms with E-state index < -0.39 is 10.0 Å². The van der Waals surface area contributed by atoms with Crippen molar-refractivity contribution < 1.29 is 8.42 Å². The molecule has 2 aliphatic carbocycles. The minimum atomic E-state index is -3.11. The number of hydrogen-bond acceptors (Lipinski definition) is 3. The number of sulfonamides is 1. The van der Waals surface area contributed by atoms with Crippen LogP contribution in [0.1, 0.15) is 46.0 Å². The largest absolute Gasteiger partial charge is 0.313 e. The Hall–Kier alpha value is -0.130. The predicted octanol–water partition coefficient (Wildman–Crippen LogP) is 1.48. The molecule has 2 rings (SSSR count). The first-order valence-electron chi connectivity index (χ1n) is 7.18. The highest BCUT2D eigenvalue weighted by Crippen LogP contribution is 2.28. The lowest BCUT2D eigenvalue weighted by Crippen LogP contribution is -2.42. The van der Waals surface area contributed by atoms with Gasteiger partial charge in [0.05, 0.1) is 5.75 Å². The van der Waals surface area contributed by atoms with Gasteiger partial charge in [0.2, 0.25) is 10.0 Å². The molecule has 5 heteroatoms. The molecule has 18 heavy (non-hydrogen) atoms. The summed E-state index contributed by atoms with van der Waals surface area (Å²) in [4.78, 5) is 0. The maximum Gasteiger partial charge on any atom is 0.213 e. The van der Waals surface area contributed by atoms with Gasteiger partial charge in [-0.25, -0.2) is 13.1 Å². The average Bonchev–Trinajstić information content (AvgIpc) is 2.98. The molecule has 106 valence electrons. The Kier molecular flexibility index (Phi) is 4.67. The summed E-state index contributed by atoms with van der Waals surface area (Å²) in [5, 5.41) is 3.25. The Morgan fingerprint density at radius 3 is 2.17 bits per heavy atom. The second-order valence-corrected chi connectivity index (χ2v) is 8.15. The Morgan fingerprint density at radius 1 is 1.00 bits per heavy atom. The highest BCUT2D eigenvalue weighted by molar-refractivity contribution is 7.89. The van der Waals surface area contributed by atoms with Gasteiger partial charge in [-0.05, 0) is 43.9 Å². The Balaban J connectivity index is 1.75. The van der Waals surface area contributed by atoms with Crippen LogP contribution in [-0.4, -0.2) is 32.8 Å². The van der Waals surface area contributed by atoms with Gasteiger partial charge in [0, 0.05) is 18.6 Å². The predicted molar refractivity (Wildman–Crippen MR) is 73.9 cm³/mol.